The second-order valence-electron chi connectivity index (χ2n) is 9.68. The minimum absolute atomic E-state index is 0.108. The molecule has 1 spiro atoms. The first kappa shape index (κ1) is 22.8. The van der Waals surface area contributed by atoms with E-state index in [1.54, 1.807) is 29.3 Å². The lowest BCUT2D eigenvalue weighted by atomic mass is 9.61. The fraction of sp³-hybridized carbons (Fsp3) is 0.360. The number of pyridine rings is 1. The Morgan fingerprint density at radius 2 is 1.97 bits per heavy atom. The molecule has 1 unspecified atom stereocenters. The monoisotopic (exact) mass is 479 g/mol. The van der Waals surface area contributed by atoms with Crippen LogP contribution in [0.5, 0.6) is 0 Å². The topological polar surface area (TPSA) is 111 Å². The van der Waals surface area contributed by atoms with Crippen LogP contribution in [-0.2, 0) is 0 Å². The van der Waals surface area contributed by atoms with Crippen LogP contribution >= 0.6 is 0 Å². The van der Waals surface area contributed by atoms with Crippen molar-refractivity contribution >= 4 is 23.1 Å². The highest BCUT2D eigenvalue weighted by molar-refractivity contribution is 5.94. The summed E-state index contributed by atoms with van der Waals surface area (Å²) in [6.07, 6.45) is 1.21. The smallest absolute Gasteiger partial charge is 0.337 e. The molecule has 1 atom stereocenters. The average Bonchev–Trinajstić information content (AvgIpc) is 2.75. The first-order chi connectivity index (χ1) is 16.5. The molecule has 35 heavy (non-hydrogen) atoms. The number of nitrogens with one attached hydrogen (secondary N) is 1. The van der Waals surface area contributed by atoms with Crippen molar-refractivity contribution in [1.82, 2.24) is 9.38 Å². The quantitative estimate of drug-likeness (QED) is 0.569. The largest absolute Gasteiger partial charge is 0.478 e. The lowest BCUT2D eigenvalue weighted by molar-refractivity contribution is -0.170. The number of carbonyl (C=O) groups is 1. The molecule has 0 bridgehead atoms. The maximum absolute atomic E-state index is 13.5. The van der Waals surface area contributed by atoms with E-state index in [0.29, 0.717) is 30.0 Å². The number of carboxylic acids is 1. The number of carboxylic acid groups (broad SMARTS) is 1. The first-order valence-electron chi connectivity index (χ1n) is 11.2. The van der Waals surface area contributed by atoms with Gasteiger partial charge in [0.25, 0.3) is 5.56 Å². The van der Waals surface area contributed by atoms with Crippen LogP contribution in [0.15, 0.2) is 41.3 Å². The summed E-state index contributed by atoms with van der Waals surface area (Å²) in [5.41, 5.74) is 1.09. The van der Waals surface area contributed by atoms with Crippen molar-refractivity contribution < 1.29 is 18.7 Å². The normalized spacial score (nSPS) is 18.4. The third-order valence-electron chi connectivity index (χ3n) is 6.80. The molecule has 1 aliphatic carbocycles. The third-order valence-corrected chi connectivity index (χ3v) is 6.80. The number of anilines is 2. The average molecular weight is 479 g/mol. The molecule has 2 N–H and O–H groups in total. The summed E-state index contributed by atoms with van der Waals surface area (Å²) in [6, 6.07) is 9.87. The van der Waals surface area contributed by atoms with Gasteiger partial charge >= 0.3 is 5.97 Å². The second kappa shape index (κ2) is 7.77. The molecule has 1 saturated carbocycles. The lowest BCUT2D eigenvalue weighted by Gasteiger charge is -2.59. The number of aryl methyl sites for hydroxylation is 1. The van der Waals surface area contributed by atoms with Crippen LogP contribution in [0.1, 0.15) is 52.9 Å². The van der Waals surface area contributed by atoms with Crippen molar-refractivity contribution in [2.24, 2.45) is 5.41 Å². The van der Waals surface area contributed by atoms with Gasteiger partial charge in [-0.25, -0.2) is 18.6 Å². The molecule has 1 aliphatic heterocycles. The SMILES string of the molecule is Cc1cc(C(C)Nc2ccccc2C(=O)O)c2nc(N3CC4(C3)CC(F)(F)C4)c(C#N)c(=O)n2c1. The molecular weight excluding hydrogens is 456 g/mol. The molecule has 10 heteroatoms. The Balaban J connectivity index is 1.56. The summed E-state index contributed by atoms with van der Waals surface area (Å²) in [6.45, 7) is 4.28. The molecule has 0 amide bonds. The van der Waals surface area contributed by atoms with E-state index in [-0.39, 0.29) is 29.8 Å². The summed E-state index contributed by atoms with van der Waals surface area (Å²) in [7, 11) is 0. The maximum Gasteiger partial charge on any atom is 0.337 e. The Morgan fingerprint density at radius 1 is 1.29 bits per heavy atom. The highest BCUT2D eigenvalue weighted by Crippen LogP contribution is 2.57. The van der Waals surface area contributed by atoms with Crippen LogP contribution in [0.4, 0.5) is 20.3 Å². The summed E-state index contributed by atoms with van der Waals surface area (Å²) in [5.74, 6) is -3.53. The molecule has 2 fully saturated rings. The number of para-hydroxylation sites is 1. The molecule has 0 radical (unpaired) electrons. The lowest BCUT2D eigenvalue weighted by Crippen LogP contribution is -2.66. The second-order valence-corrected chi connectivity index (χ2v) is 9.68. The highest BCUT2D eigenvalue weighted by atomic mass is 19.3. The van der Waals surface area contributed by atoms with Gasteiger partial charge in [-0.05, 0) is 37.6 Å². The zero-order chi connectivity index (χ0) is 25.1. The van der Waals surface area contributed by atoms with Gasteiger partial charge < -0.3 is 15.3 Å². The molecule has 2 aliphatic rings. The summed E-state index contributed by atoms with van der Waals surface area (Å²) < 4.78 is 28.2. The van der Waals surface area contributed by atoms with Crippen LogP contribution in [-0.4, -0.2) is 39.5 Å². The molecule has 2 aromatic heterocycles. The Bertz CT molecular complexity index is 1460. The Labute approximate surface area is 199 Å². The van der Waals surface area contributed by atoms with Gasteiger partial charge in [0.15, 0.2) is 11.4 Å². The predicted octanol–water partition coefficient (Wildman–Crippen LogP) is 3.98. The van der Waals surface area contributed by atoms with E-state index < -0.39 is 28.9 Å². The Morgan fingerprint density at radius 3 is 2.60 bits per heavy atom. The molecule has 1 saturated heterocycles. The summed E-state index contributed by atoms with van der Waals surface area (Å²) in [4.78, 5) is 31.3. The molecular formula is C25H23F2N5O3. The number of nitrogens with zero attached hydrogens (tertiary/aromatic N) is 4. The summed E-state index contributed by atoms with van der Waals surface area (Å²) in [5, 5.41) is 22.4. The number of alkyl halides is 2. The van der Waals surface area contributed by atoms with Crippen LogP contribution in [0, 0.1) is 23.7 Å². The van der Waals surface area contributed by atoms with Crippen molar-refractivity contribution in [3.63, 3.8) is 0 Å². The molecule has 180 valence electrons. The fourth-order valence-corrected chi connectivity index (χ4v) is 5.33. The zero-order valence-electron chi connectivity index (χ0n) is 19.2. The van der Waals surface area contributed by atoms with Crippen LogP contribution in [0.2, 0.25) is 0 Å². The summed E-state index contributed by atoms with van der Waals surface area (Å²) >= 11 is 0. The number of hydrogen-bond donors (Lipinski definition) is 2. The van der Waals surface area contributed by atoms with Crippen molar-refractivity contribution in [1.29, 1.82) is 5.26 Å². The van der Waals surface area contributed by atoms with Gasteiger partial charge in [-0.15, -0.1) is 0 Å². The third kappa shape index (κ3) is 3.77. The van der Waals surface area contributed by atoms with Gasteiger partial charge in [0.2, 0.25) is 5.92 Å². The zero-order valence-corrected chi connectivity index (χ0v) is 19.2. The van der Waals surface area contributed by atoms with Gasteiger partial charge in [0.1, 0.15) is 11.7 Å². The number of rotatable bonds is 5. The van der Waals surface area contributed by atoms with E-state index in [2.05, 4.69) is 10.3 Å². The molecule has 3 aromatic rings. The van der Waals surface area contributed by atoms with Crippen LogP contribution < -0.4 is 15.8 Å². The number of halogens is 2. The van der Waals surface area contributed by atoms with E-state index in [1.807, 2.05) is 26.0 Å². The molecule has 1 aromatic carbocycles. The fourth-order valence-electron chi connectivity index (χ4n) is 5.33. The predicted molar refractivity (Wildman–Crippen MR) is 125 cm³/mol. The van der Waals surface area contributed by atoms with Gasteiger partial charge in [-0.2, -0.15) is 5.26 Å². The number of fused-ring (bicyclic) bond motifs is 1. The van der Waals surface area contributed by atoms with Crippen molar-refractivity contribution in [2.75, 3.05) is 23.3 Å². The van der Waals surface area contributed by atoms with Crippen molar-refractivity contribution in [2.45, 2.75) is 38.7 Å². The van der Waals surface area contributed by atoms with Gasteiger partial charge in [-0.3, -0.25) is 9.20 Å². The number of aromatic nitrogens is 2. The highest BCUT2D eigenvalue weighted by Gasteiger charge is 2.62. The van der Waals surface area contributed by atoms with Gasteiger partial charge in [-0.1, -0.05) is 12.1 Å². The van der Waals surface area contributed by atoms with Crippen molar-refractivity contribution in [3.8, 4) is 6.07 Å². The number of nitriles is 1. The number of hydrogen-bond acceptors (Lipinski definition) is 6. The van der Waals surface area contributed by atoms with E-state index in [1.165, 1.54) is 10.5 Å². The van der Waals surface area contributed by atoms with E-state index in [9.17, 15) is 28.7 Å². The number of benzene rings is 1. The van der Waals surface area contributed by atoms with Crippen LogP contribution in [0.3, 0.4) is 0 Å². The van der Waals surface area contributed by atoms with E-state index in [0.717, 1.165) is 5.56 Å². The van der Waals surface area contributed by atoms with Gasteiger partial charge in [0, 0.05) is 48.8 Å². The van der Waals surface area contributed by atoms with Gasteiger partial charge in [0.05, 0.1) is 11.6 Å². The number of aromatic carboxylic acids is 1. The minimum atomic E-state index is -2.65. The molecule has 5 rings (SSSR count). The van der Waals surface area contributed by atoms with Crippen molar-refractivity contribution in [3.05, 3.63) is 69.1 Å². The standard InChI is InChI=1S/C25H23F2N5O3/c1-14-7-17(15(2)29-19-6-4-3-5-16(19)23(34)35)21-30-20(18(8-28)22(33)32(21)9-14)31-12-24(13-31)10-25(26,27)11-24/h3-7,9,15,29H,10-13H2,1-2H3,(H,34,35). The first-order valence-corrected chi connectivity index (χ1v) is 11.2. The molecule has 8 nitrogen and oxygen atoms in total. The minimum Gasteiger partial charge on any atom is -0.478 e. The Kier molecular flexibility index (Phi) is 5.05. The maximum atomic E-state index is 13.5. The van der Waals surface area contributed by atoms with E-state index in [4.69, 9.17) is 0 Å². The Hall–Kier alpha value is -4.00. The van der Waals surface area contributed by atoms with E-state index >= 15 is 0 Å². The van der Waals surface area contributed by atoms with Crippen LogP contribution in [0.25, 0.3) is 5.65 Å². The molecule has 3 heterocycles.